The Kier molecular flexibility index (Phi) is 3.59. The fourth-order valence-electron chi connectivity index (χ4n) is 5.23. The van der Waals surface area contributed by atoms with E-state index in [0.29, 0.717) is 24.4 Å². The highest BCUT2D eigenvalue weighted by molar-refractivity contribution is 5.09. The Morgan fingerprint density at radius 3 is 2.68 bits per heavy atom. The lowest BCUT2D eigenvalue weighted by Crippen LogP contribution is -2.70. The summed E-state index contributed by atoms with van der Waals surface area (Å²) >= 11 is 0. The summed E-state index contributed by atoms with van der Waals surface area (Å²) in [4.78, 5) is 11.9. The fourth-order valence-corrected chi connectivity index (χ4v) is 5.23. The summed E-state index contributed by atoms with van der Waals surface area (Å²) in [6.07, 6.45) is 3.66. The van der Waals surface area contributed by atoms with Gasteiger partial charge < -0.3 is 14.2 Å². The van der Waals surface area contributed by atoms with Crippen LogP contribution < -0.4 is 0 Å². The van der Waals surface area contributed by atoms with Crippen molar-refractivity contribution in [1.82, 2.24) is 0 Å². The van der Waals surface area contributed by atoms with Crippen LogP contribution in [0.3, 0.4) is 0 Å². The van der Waals surface area contributed by atoms with Gasteiger partial charge in [-0.2, -0.15) is 0 Å². The van der Waals surface area contributed by atoms with E-state index in [-0.39, 0.29) is 18.5 Å². The monoisotopic (exact) mass is 312 g/mol. The highest BCUT2D eigenvalue weighted by atomic mass is 17.3. The molecule has 5 fully saturated rings. The quantitative estimate of drug-likeness (QED) is 0.733. The van der Waals surface area contributed by atoms with Crippen LogP contribution in [-0.4, -0.2) is 30.6 Å². The first-order chi connectivity index (χ1) is 10.5. The molecule has 4 aliphatic heterocycles. The van der Waals surface area contributed by atoms with Crippen LogP contribution in [0.5, 0.6) is 0 Å². The van der Waals surface area contributed by atoms with E-state index in [9.17, 15) is 0 Å². The molecule has 0 aromatic carbocycles. The summed E-state index contributed by atoms with van der Waals surface area (Å²) in [6.45, 7) is 9.15. The maximum atomic E-state index is 6.25. The second kappa shape index (κ2) is 5.15. The molecule has 1 spiro atoms. The topological polar surface area (TPSA) is 46.2 Å². The number of rotatable bonds is 2. The van der Waals surface area contributed by atoms with Gasteiger partial charge in [0, 0.05) is 24.9 Å². The molecule has 4 heterocycles. The van der Waals surface area contributed by atoms with Crippen molar-refractivity contribution in [2.45, 2.75) is 77.3 Å². The normalized spacial score (nSPS) is 57.3. The van der Waals surface area contributed by atoms with Crippen molar-refractivity contribution in [2.24, 2.45) is 23.7 Å². The second-order valence-electron chi connectivity index (χ2n) is 7.73. The van der Waals surface area contributed by atoms with Crippen molar-refractivity contribution in [3.63, 3.8) is 0 Å². The zero-order valence-corrected chi connectivity index (χ0v) is 14.0. The Labute approximate surface area is 132 Å². The zero-order chi connectivity index (χ0) is 15.5. The van der Waals surface area contributed by atoms with Crippen molar-refractivity contribution >= 4 is 0 Å². The number of ether oxygens (including phenoxy) is 3. The van der Waals surface area contributed by atoms with Crippen LogP contribution in [0.2, 0.25) is 0 Å². The molecule has 0 aromatic heterocycles. The molecule has 1 aliphatic carbocycles. The van der Waals surface area contributed by atoms with Gasteiger partial charge in [-0.15, -0.1) is 0 Å². The van der Waals surface area contributed by atoms with E-state index in [1.807, 2.05) is 13.8 Å². The van der Waals surface area contributed by atoms with Crippen LogP contribution in [0.15, 0.2) is 0 Å². The summed E-state index contributed by atoms with van der Waals surface area (Å²) < 4.78 is 18.3. The molecule has 4 saturated heterocycles. The Morgan fingerprint density at radius 2 is 1.91 bits per heavy atom. The van der Waals surface area contributed by atoms with Crippen molar-refractivity contribution in [2.75, 3.05) is 6.61 Å². The zero-order valence-electron chi connectivity index (χ0n) is 14.0. The molecule has 1 saturated carbocycles. The molecule has 5 nitrogen and oxygen atoms in total. The van der Waals surface area contributed by atoms with E-state index in [4.69, 9.17) is 24.0 Å². The maximum absolute atomic E-state index is 6.25. The molecular formula is C17H28O5. The Bertz CT molecular complexity index is 443. The van der Waals surface area contributed by atoms with Gasteiger partial charge in [-0.3, -0.25) is 0 Å². The smallest absolute Gasteiger partial charge is 0.201 e. The van der Waals surface area contributed by atoms with Crippen molar-refractivity contribution in [3.8, 4) is 0 Å². The van der Waals surface area contributed by atoms with E-state index in [2.05, 4.69) is 13.8 Å². The predicted octanol–water partition coefficient (Wildman–Crippen LogP) is 3.23. The van der Waals surface area contributed by atoms with Crippen LogP contribution in [0.4, 0.5) is 0 Å². The first-order valence-corrected chi connectivity index (χ1v) is 8.82. The molecule has 0 radical (unpaired) electrons. The van der Waals surface area contributed by atoms with Crippen LogP contribution in [-0.2, 0) is 24.0 Å². The lowest BCUT2D eigenvalue weighted by Gasteiger charge is -2.60. The molecule has 5 rings (SSSR count). The second-order valence-corrected chi connectivity index (χ2v) is 7.73. The Hall–Kier alpha value is -0.200. The number of fused-ring (bicyclic) bond motifs is 2. The molecule has 126 valence electrons. The lowest BCUT2D eigenvalue weighted by atomic mass is 9.58. The minimum atomic E-state index is -0.700. The van der Waals surface area contributed by atoms with Crippen molar-refractivity contribution in [3.05, 3.63) is 0 Å². The summed E-state index contributed by atoms with van der Waals surface area (Å²) in [7, 11) is 0. The Balaban J connectivity index is 1.75. The number of hydrogen-bond donors (Lipinski definition) is 0. The third-order valence-corrected chi connectivity index (χ3v) is 6.43. The average Bonchev–Trinajstić information content (AvgIpc) is 2.71. The SMILES string of the molecule is CCO[C@H]1O[C@@H]2O[C@@]3(C)CCC4C(C)CCC(C1C)[C@]42OO3. The van der Waals surface area contributed by atoms with E-state index in [1.54, 1.807) is 0 Å². The van der Waals surface area contributed by atoms with E-state index < -0.39 is 11.4 Å². The van der Waals surface area contributed by atoms with Crippen LogP contribution >= 0.6 is 0 Å². The first-order valence-electron chi connectivity index (χ1n) is 8.82. The van der Waals surface area contributed by atoms with Crippen molar-refractivity contribution < 1.29 is 24.0 Å². The molecule has 0 N–H and O–H groups in total. The minimum Gasteiger partial charge on any atom is -0.353 e. The fraction of sp³-hybridized carbons (Fsp3) is 1.00. The number of hydrogen-bond acceptors (Lipinski definition) is 5. The van der Waals surface area contributed by atoms with E-state index >= 15 is 0 Å². The van der Waals surface area contributed by atoms with Gasteiger partial charge in [-0.05, 0) is 44.9 Å². The van der Waals surface area contributed by atoms with Gasteiger partial charge in [-0.1, -0.05) is 13.8 Å². The van der Waals surface area contributed by atoms with Crippen LogP contribution in [0.1, 0.15) is 53.4 Å². The molecule has 0 aromatic rings. The summed E-state index contributed by atoms with van der Waals surface area (Å²) in [5.41, 5.74) is -0.472. The van der Waals surface area contributed by atoms with Gasteiger partial charge in [0.05, 0.1) is 0 Å². The third kappa shape index (κ3) is 1.96. The highest BCUT2D eigenvalue weighted by Crippen LogP contribution is 2.60. The van der Waals surface area contributed by atoms with Gasteiger partial charge in [0.15, 0.2) is 18.2 Å². The lowest BCUT2D eigenvalue weighted by molar-refractivity contribution is -0.577. The molecule has 4 unspecified atom stereocenters. The molecule has 0 amide bonds. The third-order valence-electron chi connectivity index (χ3n) is 6.43. The largest absolute Gasteiger partial charge is 0.353 e. The Morgan fingerprint density at radius 1 is 1.09 bits per heavy atom. The van der Waals surface area contributed by atoms with Crippen LogP contribution in [0, 0.1) is 23.7 Å². The van der Waals surface area contributed by atoms with E-state index in [1.165, 1.54) is 6.42 Å². The molecule has 22 heavy (non-hydrogen) atoms. The molecular weight excluding hydrogens is 284 g/mol. The molecule has 8 atom stereocenters. The van der Waals surface area contributed by atoms with Gasteiger partial charge in [0.25, 0.3) is 0 Å². The highest BCUT2D eigenvalue weighted by Gasteiger charge is 2.69. The maximum Gasteiger partial charge on any atom is 0.201 e. The standard InChI is InChI=1S/C17H28O5/c1-5-18-14-11(3)13-7-6-10(2)12-8-9-16(4)20-15(19-14)17(12,13)22-21-16/h10-15H,5-9H2,1-4H3/t10?,11?,12?,13?,14-,15+,16+,17+/m0/s1. The summed E-state index contributed by atoms with van der Waals surface area (Å²) in [6, 6.07) is 0. The van der Waals surface area contributed by atoms with Crippen LogP contribution in [0.25, 0.3) is 0 Å². The molecule has 5 heteroatoms. The molecule has 2 bridgehead atoms. The molecule has 5 aliphatic rings. The van der Waals surface area contributed by atoms with Gasteiger partial charge in [-0.25, -0.2) is 9.78 Å². The minimum absolute atomic E-state index is 0.216. The first kappa shape index (κ1) is 15.3. The average molecular weight is 312 g/mol. The van der Waals surface area contributed by atoms with Crippen molar-refractivity contribution in [1.29, 1.82) is 0 Å². The summed E-state index contributed by atoms with van der Waals surface area (Å²) in [5.74, 6) is 0.957. The predicted molar refractivity (Wildman–Crippen MR) is 78.5 cm³/mol. The summed E-state index contributed by atoms with van der Waals surface area (Å²) in [5, 5.41) is 0. The van der Waals surface area contributed by atoms with E-state index in [0.717, 1.165) is 19.3 Å². The van der Waals surface area contributed by atoms with Gasteiger partial charge >= 0.3 is 0 Å². The van der Waals surface area contributed by atoms with Gasteiger partial charge in [0.2, 0.25) is 5.79 Å². The van der Waals surface area contributed by atoms with Gasteiger partial charge in [0.1, 0.15) is 0 Å².